The van der Waals surface area contributed by atoms with E-state index in [1.165, 1.54) is 11.1 Å². The smallest absolute Gasteiger partial charge is 0.410 e. The minimum atomic E-state index is -0.494. The van der Waals surface area contributed by atoms with Crippen molar-refractivity contribution >= 4 is 12.1 Å². The van der Waals surface area contributed by atoms with Crippen LogP contribution in [0.15, 0.2) is 18.2 Å². The van der Waals surface area contributed by atoms with Crippen LogP contribution in [0.5, 0.6) is 0 Å². The highest BCUT2D eigenvalue weighted by atomic mass is 16.6. The van der Waals surface area contributed by atoms with E-state index in [0.717, 1.165) is 18.4 Å². The number of carbonyl (C=O) groups is 2. The van der Waals surface area contributed by atoms with Crippen molar-refractivity contribution < 1.29 is 19.1 Å². The number of carbonyl (C=O) groups excluding carboxylic acids is 2. The summed E-state index contributed by atoms with van der Waals surface area (Å²) in [5, 5.41) is 0. The van der Waals surface area contributed by atoms with Crippen molar-refractivity contribution in [2.24, 2.45) is 0 Å². The summed E-state index contributed by atoms with van der Waals surface area (Å²) in [5.74, 6) is 0.000204. The first kappa shape index (κ1) is 20.3. The normalized spacial score (nSPS) is 15.2. The van der Waals surface area contributed by atoms with Crippen molar-refractivity contribution in [3.05, 3.63) is 34.9 Å². The van der Waals surface area contributed by atoms with E-state index in [-0.39, 0.29) is 18.0 Å². The van der Waals surface area contributed by atoms with Crippen molar-refractivity contribution in [1.29, 1.82) is 0 Å². The maximum atomic E-state index is 12.4. The first-order valence-electron chi connectivity index (χ1n) is 9.49. The summed E-state index contributed by atoms with van der Waals surface area (Å²) < 4.78 is 10.6. The van der Waals surface area contributed by atoms with Crippen LogP contribution in [0.1, 0.15) is 70.1 Å². The Morgan fingerprint density at radius 3 is 2.58 bits per heavy atom. The van der Waals surface area contributed by atoms with Crippen LogP contribution in [0.2, 0.25) is 0 Å². The van der Waals surface area contributed by atoms with Gasteiger partial charge in [0, 0.05) is 13.1 Å². The molecule has 0 saturated carbocycles. The summed E-state index contributed by atoms with van der Waals surface area (Å²) >= 11 is 0. The first-order valence-corrected chi connectivity index (χ1v) is 9.49. The van der Waals surface area contributed by atoms with Crippen molar-refractivity contribution in [3.8, 4) is 0 Å². The number of amides is 1. The number of hydrogen-bond acceptors (Lipinski definition) is 4. The zero-order valence-electron chi connectivity index (χ0n) is 16.6. The largest absolute Gasteiger partial charge is 0.466 e. The second kappa shape index (κ2) is 8.56. The van der Waals surface area contributed by atoms with E-state index in [2.05, 4.69) is 19.1 Å². The summed E-state index contributed by atoms with van der Waals surface area (Å²) in [5.41, 5.74) is 3.12. The van der Waals surface area contributed by atoms with Crippen LogP contribution in [0, 0.1) is 0 Å². The average Bonchev–Trinajstić information content (AvgIpc) is 2.57. The molecule has 1 heterocycles. The fourth-order valence-electron chi connectivity index (χ4n) is 3.40. The quantitative estimate of drug-likeness (QED) is 0.728. The van der Waals surface area contributed by atoms with Gasteiger partial charge < -0.3 is 14.4 Å². The van der Waals surface area contributed by atoms with E-state index in [0.29, 0.717) is 26.1 Å². The number of hydrogen-bond donors (Lipinski definition) is 0. The van der Waals surface area contributed by atoms with E-state index in [1.54, 1.807) is 4.90 Å². The van der Waals surface area contributed by atoms with Gasteiger partial charge in [-0.2, -0.15) is 0 Å². The van der Waals surface area contributed by atoms with Crippen LogP contribution >= 0.6 is 0 Å². The molecule has 0 fully saturated rings. The van der Waals surface area contributed by atoms with Crippen LogP contribution in [0.4, 0.5) is 4.79 Å². The molecule has 1 aliphatic rings. The van der Waals surface area contributed by atoms with Gasteiger partial charge in [-0.25, -0.2) is 4.79 Å². The molecular formula is C21H31NO4. The number of benzene rings is 1. The van der Waals surface area contributed by atoms with Crippen LogP contribution in [0.3, 0.4) is 0 Å². The number of fused-ring (bicyclic) bond motifs is 1. The lowest BCUT2D eigenvalue weighted by Crippen LogP contribution is -2.40. The Morgan fingerprint density at radius 1 is 1.23 bits per heavy atom. The van der Waals surface area contributed by atoms with Crippen LogP contribution in [-0.4, -0.2) is 35.7 Å². The molecule has 1 aromatic carbocycles. The maximum Gasteiger partial charge on any atom is 0.410 e. The Kier molecular flexibility index (Phi) is 6.68. The predicted molar refractivity (Wildman–Crippen MR) is 101 cm³/mol. The molecule has 0 spiro atoms. The van der Waals surface area contributed by atoms with Gasteiger partial charge in [0.1, 0.15) is 5.60 Å². The third-order valence-corrected chi connectivity index (χ3v) is 4.60. The molecular weight excluding hydrogens is 330 g/mol. The van der Waals surface area contributed by atoms with Crippen molar-refractivity contribution in [2.75, 3.05) is 13.2 Å². The molecule has 0 aromatic heterocycles. The third kappa shape index (κ3) is 5.23. The van der Waals surface area contributed by atoms with Crippen LogP contribution < -0.4 is 0 Å². The standard InChI is InChI=1S/C21H31NO4/c1-6-15(13-19(23)25-7-2)17-10-8-9-16-14-22(12-11-18(16)17)20(24)26-21(3,4)5/h8-10,15H,6-7,11-14H2,1-5H3. The minimum absolute atomic E-state index is 0.150. The highest BCUT2D eigenvalue weighted by molar-refractivity contribution is 5.71. The molecule has 0 saturated heterocycles. The topological polar surface area (TPSA) is 55.8 Å². The predicted octanol–water partition coefficient (Wildman–Crippen LogP) is 4.43. The van der Waals surface area contributed by atoms with Gasteiger partial charge in [0.2, 0.25) is 0 Å². The number of rotatable bonds is 5. The number of nitrogens with zero attached hydrogens (tertiary/aromatic N) is 1. The molecule has 1 unspecified atom stereocenters. The lowest BCUT2D eigenvalue weighted by Gasteiger charge is -2.33. The SMILES string of the molecule is CCOC(=O)CC(CC)c1cccc2c1CCN(C(=O)OC(C)(C)C)C2. The van der Waals surface area contributed by atoms with Gasteiger partial charge in [-0.1, -0.05) is 25.1 Å². The van der Waals surface area contributed by atoms with Gasteiger partial charge in [-0.15, -0.1) is 0 Å². The Hall–Kier alpha value is -2.04. The molecule has 5 heteroatoms. The van der Waals surface area contributed by atoms with E-state index in [4.69, 9.17) is 9.47 Å². The zero-order chi connectivity index (χ0) is 19.3. The lowest BCUT2D eigenvalue weighted by molar-refractivity contribution is -0.143. The molecule has 0 radical (unpaired) electrons. The van der Waals surface area contributed by atoms with Gasteiger partial charge in [-0.05, 0) is 63.1 Å². The molecule has 144 valence electrons. The minimum Gasteiger partial charge on any atom is -0.466 e. The van der Waals surface area contributed by atoms with E-state index < -0.39 is 5.60 Å². The van der Waals surface area contributed by atoms with Crippen LogP contribution in [-0.2, 0) is 27.2 Å². The van der Waals surface area contributed by atoms with E-state index >= 15 is 0 Å². The molecule has 5 nitrogen and oxygen atoms in total. The van der Waals surface area contributed by atoms with Crippen molar-refractivity contribution in [2.45, 2.75) is 71.9 Å². The second-order valence-corrected chi connectivity index (χ2v) is 7.75. The molecule has 0 bridgehead atoms. The molecule has 0 aliphatic carbocycles. The van der Waals surface area contributed by atoms with E-state index in [9.17, 15) is 9.59 Å². The van der Waals surface area contributed by atoms with Gasteiger partial charge >= 0.3 is 12.1 Å². The summed E-state index contributed by atoms with van der Waals surface area (Å²) in [6, 6.07) is 6.18. The number of esters is 1. The molecule has 1 aliphatic heterocycles. The Balaban J connectivity index is 2.17. The van der Waals surface area contributed by atoms with Gasteiger partial charge in [0.15, 0.2) is 0 Å². The second-order valence-electron chi connectivity index (χ2n) is 7.75. The molecule has 1 amide bonds. The summed E-state index contributed by atoms with van der Waals surface area (Å²) in [6.45, 7) is 11.1. The Labute approximate surface area is 156 Å². The molecule has 1 atom stereocenters. The van der Waals surface area contributed by atoms with Gasteiger partial charge in [-0.3, -0.25) is 4.79 Å². The van der Waals surface area contributed by atoms with Crippen molar-refractivity contribution in [3.63, 3.8) is 0 Å². The van der Waals surface area contributed by atoms with E-state index in [1.807, 2.05) is 33.8 Å². The van der Waals surface area contributed by atoms with Gasteiger partial charge in [0.05, 0.1) is 13.0 Å². The number of ether oxygens (including phenoxy) is 2. The zero-order valence-corrected chi connectivity index (χ0v) is 16.6. The fourth-order valence-corrected chi connectivity index (χ4v) is 3.40. The average molecular weight is 361 g/mol. The lowest BCUT2D eigenvalue weighted by atomic mass is 9.84. The first-order chi connectivity index (χ1) is 12.2. The summed E-state index contributed by atoms with van der Waals surface area (Å²) in [4.78, 5) is 26.0. The summed E-state index contributed by atoms with van der Waals surface area (Å²) in [7, 11) is 0. The molecule has 0 N–H and O–H groups in total. The van der Waals surface area contributed by atoms with Crippen LogP contribution in [0.25, 0.3) is 0 Å². The molecule has 1 aromatic rings. The highest BCUT2D eigenvalue weighted by Crippen LogP contribution is 2.32. The third-order valence-electron chi connectivity index (χ3n) is 4.60. The fraction of sp³-hybridized carbons (Fsp3) is 0.619. The highest BCUT2D eigenvalue weighted by Gasteiger charge is 2.28. The monoisotopic (exact) mass is 361 g/mol. The summed E-state index contributed by atoms with van der Waals surface area (Å²) in [6.07, 6.45) is 1.79. The Bertz CT molecular complexity index is 648. The van der Waals surface area contributed by atoms with Gasteiger partial charge in [0.25, 0.3) is 0 Å². The molecule has 26 heavy (non-hydrogen) atoms. The molecule has 2 rings (SSSR count). The van der Waals surface area contributed by atoms with Crippen molar-refractivity contribution in [1.82, 2.24) is 4.90 Å². The maximum absolute atomic E-state index is 12.4. The Morgan fingerprint density at radius 2 is 1.96 bits per heavy atom.